The lowest BCUT2D eigenvalue weighted by molar-refractivity contribution is 0.0677. The van der Waals surface area contributed by atoms with Crippen LogP contribution in [0.3, 0.4) is 0 Å². The lowest BCUT2D eigenvalue weighted by Crippen LogP contribution is -2.44. The molecule has 2 N–H and O–H groups in total. The Labute approximate surface area is 124 Å². The van der Waals surface area contributed by atoms with Crippen molar-refractivity contribution < 1.29 is 9.53 Å². The number of nitrogens with zero attached hydrogens (tertiary/aromatic N) is 1. The van der Waals surface area contributed by atoms with Crippen LogP contribution in [0.5, 0.6) is 0 Å². The first-order valence-corrected chi connectivity index (χ1v) is 7.32. The standard InChI is InChI=1S/C15H23N3O3/c1-11-8-14(19)13(9-17-11)15(20)18(6-7-21-2)10-12-4-3-5-16-12/h8-9,12,16H,3-7,10H2,1-2H3,(H,17,19). The zero-order valence-electron chi connectivity index (χ0n) is 12.6. The van der Waals surface area contributed by atoms with E-state index in [0.29, 0.717) is 25.7 Å². The van der Waals surface area contributed by atoms with Gasteiger partial charge in [-0.15, -0.1) is 0 Å². The van der Waals surface area contributed by atoms with Crippen molar-refractivity contribution in [1.29, 1.82) is 0 Å². The highest BCUT2D eigenvalue weighted by atomic mass is 16.5. The largest absolute Gasteiger partial charge is 0.383 e. The minimum Gasteiger partial charge on any atom is -0.383 e. The van der Waals surface area contributed by atoms with E-state index in [4.69, 9.17) is 4.74 Å². The van der Waals surface area contributed by atoms with Gasteiger partial charge >= 0.3 is 0 Å². The highest BCUT2D eigenvalue weighted by molar-refractivity contribution is 5.93. The summed E-state index contributed by atoms with van der Waals surface area (Å²) < 4.78 is 5.07. The van der Waals surface area contributed by atoms with E-state index in [1.165, 1.54) is 12.3 Å². The van der Waals surface area contributed by atoms with E-state index in [0.717, 1.165) is 25.1 Å². The van der Waals surface area contributed by atoms with Crippen molar-refractivity contribution in [2.24, 2.45) is 0 Å². The van der Waals surface area contributed by atoms with E-state index in [1.807, 2.05) is 0 Å². The number of nitrogens with one attached hydrogen (secondary N) is 2. The molecule has 1 atom stereocenters. The number of carbonyl (C=O) groups excluding carboxylic acids is 1. The summed E-state index contributed by atoms with van der Waals surface area (Å²) in [7, 11) is 1.61. The van der Waals surface area contributed by atoms with E-state index < -0.39 is 0 Å². The van der Waals surface area contributed by atoms with E-state index in [-0.39, 0.29) is 16.9 Å². The molecule has 1 aromatic rings. The molecule has 0 bridgehead atoms. The number of aromatic nitrogens is 1. The summed E-state index contributed by atoms with van der Waals surface area (Å²) in [5.41, 5.74) is 0.699. The molecular formula is C15H23N3O3. The molecule has 1 unspecified atom stereocenters. The number of aryl methyl sites for hydroxylation is 1. The smallest absolute Gasteiger partial charge is 0.259 e. The van der Waals surface area contributed by atoms with Crippen LogP contribution in [0.1, 0.15) is 28.9 Å². The van der Waals surface area contributed by atoms with Gasteiger partial charge in [-0.1, -0.05) is 0 Å². The van der Waals surface area contributed by atoms with E-state index in [1.54, 1.807) is 18.9 Å². The van der Waals surface area contributed by atoms with Crippen molar-refractivity contribution in [1.82, 2.24) is 15.2 Å². The number of H-pyrrole nitrogens is 1. The minimum atomic E-state index is -0.238. The first-order chi connectivity index (χ1) is 10.1. The lowest BCUT2D eigenvalue weighted by atomic mass is 10.1. The first-order valence-electron chi connectivity index (χ1n) is 7.32. The fourth-order valence-corrected chi connectivity index (χ4v) is 2.57. The van der Waals surface area contributed by atoms with Crippen molar-refractivity contribution in [3.63, 3.8) is 0 Å². The summed E-state index contributed by atoms with van der Waals surface area (Å²) in [5, 5.41) is 3.37. The van der Waals surface area contributed by atoms with Crippen LogP contribution in [0.15, 0.2) is 17.1 Å². The van der Waals surface area contributed by atoms with Crippen LogP contribution in [-0.2, 0) is 4.74 Å². The minimum absolute atomic E-state index is 0.190. The number of aromatic amines is 1. The van der Waals surface area contributed by atoms with E-state index in [9.17, 15) is 9.59 Å². The Morgan fingerprint density at radius 3 is 2.95 bits per heavy atom. The second kappa shape index (κ2) is 7.38. The molecule has 0 aliphatic carbocycles. The molecule has 2 heterocycles. The van der Waals surface area contributed by atoms with Gasteiger partial charge in [0.25, 0.3) is 5.91 Å². The van der Waals surface area contributed by atoms with Gasteiger partial charge in [-0.05, 0) is 26.3 Å². The van der Waals surface area contributed by atoms with Gasteiger partial charge in [-0.25, -0.2) is 0 Å². The fraction of sp³-hybridized carbons (Fsp3) is 0.600. The van der Waals surface area contributed by atoms with Crippen molar-refractivity contribution in [3.05, 3.63) is 33.7 Å². The number of rotatable bonds is 6. The molecule has 6 nitrogen and oxygen atoms in total. The molecule has 1 fully saturated rings. The van der Waals surface area contributed by atoms with Gasteiger partial charge in [-0.3, -0.25) is 9.59 Å². The summed E-state index contributed by atoms with van der Waals surface area (Å²) in [6.07, 6.45) is 3.69. The Bertz CT molecular complexity index is 535. The molecule has 1 amide bonds. The highest BCUT2D eigenvalue weighted by Crippen LogP contribution is 2.09. The van der Waals surface area contributed by atoms with Gasteiger partial charge in [0.15, 0.2) is 5.43 Å². The van der Waals surface area contributed by atoms with E-state index >= 15 is 0 Å². The zero-order valence-corrected chi connectivity index (χ0v) is 12.6. The molecule has 116 valence electrons. The third-order valence-electron chi connectivity index (χ3n) is 3.74. The van der Waals surface area contributed by atoms with Crippen molar-refractivity contribution >= 4 is 5.91 Å². The monoisotopic (exact) mass is 293 g/mol. The second-order valence-electron chi connectivity index (χ2n) is 5.43. The fourth-order valence-electron chi connectivity index (χ4n) is 2.57. The first kappa shape index (κ1) is 15.7. The number of hydrogen-bond donors (Lipinski definition) is 2. The van der Waals surface area contributed by atoms with Crippen molar-refractivity contribution in [2.45, 2.75) is 25.8 Å². The number of hydrogen-bond acceptors (Lipinski definition) is 4. The van der Waals surface area contributed by atoms with Gasteiger partial charge in [0.05, 0.1) is 6.61 Å². The quantitative estimate of drug-likeness (QED) is 0.802. The molecule has 21 heavy (non-hydrogen) atoms. The van der Waals surface area contributed by atoms with Crippen LogP contribution in [0.2, 0.25) is 0 Å². The topological polar surface area (TPSA) is 74.4 Å². The molecule has 2 rings (SSSR count). The SMILES string of the molecule is COCCN(CC1CCCN1)C(=O)c1c[nH]c(C)cc1=O. The van der Waals surface area contributed by atoms with Crippen LogP contribution in [0, 0.1) is 6.92 Å². The second-order valence-corrected chi connectivity index (χ2v) is 5.43. The van der Waals surface area contributed by atoms with E-state index in [2.05, 4.69) is 10.3 Å². The van der Waals surface area contributed by atoms with Crippen LogP contribution in [-0.4, -0.2) is 55.2 Å². The Morgan fingerprint density at radius 2 is 2.33 bits per heavy atom. The van der Waals surface area contributed by atoms with Crippen molar-refractivity contribution in [2.75, 3.05) is 33.4 Å². The average Bonchev–Trinajstić information content (AvgIpc) is 2.95. The summed E-state index contributed by atoms with van der Waals surface area (Å²) >= 11 is 0. The van der Waals surface area contributed by atoms with Gasteiger partial charge in [0, 0.05) is 44.2 Å². The summed E-state index contributed by atoms with van der Waals surface area (Å²) in [5.74, 6) is -0.234. The normalized spacial score (nSPS) is 17.9. The van der Waals surface area contributed by atoms with Gasteiger partial charge < -0.3 is 19.9 Å². The predicted molar refractivity (Wildman–Crippen MR) is 80.6 cm³/mol. The van der Waals surface area contributed by atoms with Gasteiger partial charge in [0.1, 0.15) is 5.56 Å². The molecule has 0 aromatic carbocycles. The highest BCUT2D eigenvalue weighted by Gasteiger charge is 2.23. The van der Waals surface area contributed by atoms with Crippen molar-refractivity contribution in [3.8, 4) is 0 Å². The maximum absolute atomic E-state index is 12.6. The predicted octanol–water partition coefficient (Wildman–Crippen LogP) is 0.524. The van der Waals surface area contributed by atoms with Gasteiger partial charge in [0.2, 0.25) is 0 Å². The molecule has 0 radical (unpaired) electrons. The number of methoxy groups -OCH3 is 1. The maximum atomic E-state index is 12.6. The number of pyridine rings is 1. The molecule has 1 aliphatic heterocycles. The van der Waals surface area contributed by atoms with Crippen LogP contribution >= 0.6 is 0 Å². The number of carbonyl (C=O) groups is 1. The molecule has 0 spiro atoms. The number of ether oxygens (including phenoxy) is 1. The Balaban J connectivity index is 2.13. The molecule has 1 aliphatic rings. The lowest BCUT2D eigenvalue weighted by Gasteiger charge is -2.25. The summed E-state index contributed by atoms with van der Waals surface area (Å²) in [6.45, 7) is 4.33. The maximum Gasteiger partial charge on any atom is 0.259 e. The molecule has 1 aromatic heterocycles. The molecule has 6 heteroatoms. The van der Waals surface area contributed by atoms with Crippen LogP contribution in [0.4, 0.5) is 0 Å². The third-order valence-corrected chi connectivity index (χ3v) is 3.74. The van der Waals surface area contributed by atoms with Crippen LogP contribution in [0.25, 0.3) is 0 Å². The van der Waals surface area contributed by atoms with Crippen LogP contribution < -0.4 is 10.7 Å². The Kier molecular flexibility index (Phi) is 5.52. The molecule has 1 saturated heterocycles. The third kappa shape index (κ3) is 4.15. The Hall–Kier alpha value is -1.66. The average molecular weight is 293 g/mol. The summed E-state index contributed by atoms with van der Waals surface area (Å²) in [6, 6.07) is 1.76. The molecular weight excluding hydrogens is 270 g/mol. The zero-order chi connectivity index (χ0) is 15.2. The molecule has 0 saturated carbocycles. The Morgan fingerprint density at radius 1 is 1.52 bits per heavy atom. The summed E-state index contributed by atoms with van der Waals surface area (Å²) in [4.78, 5) is 29.2. The van der Waals surface area contributed by atoms with Gasteiger partial charge in [-0.2, -0.15) is 0 Å². The number of amides is 1.